The van der Waals surface area contributed by atoms with Crippen molar-refractivity contribution in [2.45, 2.75) is 39.2 Å². The van der Waals surface area contributed by atoms with Gasteiger partial charge in [-0.2, -0.15) is 5.26 Å². The lowest BCUT2D eigenvalue weighted by atomic mass is 9.89. The van der Waals surface area contributed by atoms with E-state index >= 15 is 0 Å². The Hall–Kier alpha value is -2.92. The van der Waals surface area contributed by atoms with E-state index in [1.54, 1.807) is 0 Å². The van der Waals surface area contributed by atoms with Gasteiger partial charge in [0.25, 0.3) is 5.91 Å². The Morgan fingerprint density at radius 1 is 1.38 bits per heavy atom. The van der Waals surface area contributed by atoms with Gasteiger partial charge in [-0.3, -0.25) is 4.79 Å². The van der Waals surface area contributed by atoms with E-state index in [0.717, 1.165) is 29.7 Å². The average Bonchev–Trinajstić information content (AvgIpc) is 3.03. The van der Waals surface area contributed by atoms with Gasteiger partial charge < -0.3 is 14.8 Å². The number of nitrogens with one attached hydrogen (secondary N) is 1. The molecule has 0 bridgehead atoms. The molecule has 6 nitrogen and oxygen atoms in total. The molecule has 8 heteroatoms. The van der Waals surface area contributed by atoms with E-state index < -0.39 is 30.4 Å². The molecule has 1 N–H and O–H groups in total. The van der Waals surface area contributed by atoms with E-state index in [9.17, 15) is 19.2 Å². The predicted molar refractivity (Wildman–Crippen MR) is 106 cm³/mol. The number of carbonyl (C=O) groups excluding carboxylic acids is 2. The highest BCUT2D eigenvalue weighted by molar-refractivity contribution is 7.16. The number of nitrogens with zero attached hydrogens (tertiary/aromatic N) is 1. The first-order valence-corrected chi connectivity index (χ1v) is 10.1. The van der Waals surface area contributed by atoms with E-state index in [4.69, 9.17) is 9.47 Å². The first-order valence-electron chi connectivity index (χ1n) is 9.30. The maximum Gasteiger partial charge on any atom is 0.347 e. The van der Waals surface area contributed by atoms with Gasteiger partial charge >= 0.3 is 5.97 Å². The lowest BCUT2D eigenvalue weighted by molar-refractivity contribution is -0.153. The van der Waals surface area contributed by atoms with Crippen LogP contribution < -0.4 is 10.1 Å². The Morgan fingerprint density at radius 2 is 2.10 bits per heavy atom. The van der Waals surface area contributed by atoms with Gasteiger partial charge in [0.15, 0.2) is 12.7 Å². The molecular weight excluding hydrogens is 395 g/mol. The van der Waals surface area contributed by atoms with Crippen LogP contribution >= 0.6 is 11.3 Å². The summed E-state index contributed by atoms with van der Waals surface area (Å²) in [6, 6.07) is 7.41. The molecule has 2 atom stereocenters. The second-order valence-electron chi connectivity index (χ2n) is 7.04. The number of benzene rings is 1. The summed E-state index contributed by atoms with van der Waals surface area (Å²) in [5, 5.41) is 12.7. The summed E-state index contributed by atoms with van der Waals surface area (Å²) in [4.78, 5) is 25.4. The highest BCUT2D eigenvalue weighted by atomic mass is 32.1. The van der Waals surface area contributed by atoms with Crippen molar-refractivity contribution in [2.75, 3.05) is 11.9 Å². The Balaban J connectivity index is 1.54. The largest absolute Gasteiger partial charge is 0.479 e. The third kappa shape index (κ3) is 5.12. The molecule has 3 rings (SSSR count). The van der Waals surface area contributed by atoms with E-state index in [1.165, 1.54) is 42.5 Å². The molecule has 1 heterocycles. The van der Waals surface area contributed by atoms with Crippen LogP contribution in [0.4, 0.5) is 9.39 Å². The minimum Gasteiger partial charge on any atom is -0.479 e. The van der Waals surface area contributed by atoms with Crippen LogP contribution in [-0.2, 0) is 27.2 Å². The Labute approximate surface area is 172 Å². The Morgan fingerprint density at radius 3 is 2.79 bits per heavy atom. The van der Waals surface area contributed by atoms with Crippen molar-refractivity contribution in [1.82, 2.24) is 0 Å². The summed E-state index contributed by atoms with van der Waals surface area (Å²) < 4.78 is 23.3. The smallest absolute Gasteiger partial charge is 0.347 e. The van der Waals surface area contributed by atoms with Gasteiger partial charge in [0, 0.05) is 4.88 Å². The molecule has 0 saturated heterocycles. The third-order valence-electron chi connectivity index (χ3n) is 4.68. The lowest BCUT2D eigenvalue weighted by Gasteiger charge is -2.17. The van der Waals surface area contributed by atoms with Crippen molar-refractivity contribution in [3.63, 3.8) is 0 Å². The summed E-state index contributed by atoms with van der Waals surface area (Å²) in [6.45, 7) is 3.16. The molecule has 1 amide bonds. The summed E-state index contributed by atoms with van der Waals surface area (Å²) >= 11 is 1.41. The molecule has 0 saturated carbocycles. The number of hydrogen-bond donors (Lipinski definition) is 1. The Kier molecular flexibility index (Phi) is 6.49. The highest BCUT2D eigenvalue weighted by Crippen LogP contribution is 2.39. The van der Waals surface area contributed by atoms with Crippen molar-refractivity contribution >= 4 is 28.2 Å². The molecule has 1 aromatic heterocycles. The van der Waals surface area contributed by atoms with Gasteiger partial charge in [0.1, 0.15) is 22.6 Å². The van der Waals surface area contributed by atoms with Crippen LogP contribution in [-0.4, -0.2) is 24.6 Å². The van der Waals surface area contributed by atoms with Gasteiger partial charge in [-0.05, 0) is 61.9 Å². The van der Waals surface area contributed by atoms with Crippen LogP contribution in [0.25, 0.3) is 0 Å². The molecule has 0 unspecified atom stereocenters. The number of anilines is 1. The number of thiophene rings is 1. The number of rotatable bonds is 6. The molecule has 0 radical (unpaired) electrons. The third-order valence-corrected chi connectivity index (χ3v) is 5.85. The quantitative estimate of drug-likeness (QED) is 0.723. The molecule has 1 aliphatic carbocycles. The SMILES string of the molecule is C[C@H]1CCc2c(sc(NC(=O)COC(=O)[C@@H](C)Oc3ccc(F)cc3)c2C#N)C1. The average molecular weight is 416 g/mol. The molecule has 29 heavy (non-hydrogen) atoms. The van der Waals surface area contributed by atoms with Gasteiger partial charge in [-0.1, -0.05) is 6.92 Å². The highest BCUT2D eigenvalue weighted by Gasteiger charge is 2.25. The van der Waals surface area contributed by atoms with E-state index in [0.29, 0.717) is 22.2 Å². The van der Waals surface area contributed by atoms with Crippen molar-refractivity contribution in [2.24, 2.45) is 5.92 Å². The van der Waals surface area contributed by atoms with Gasteiger partial charge in [0.2, 0.25) is 0 Å². The number of hydrogen-bond acceptors (Lipinski definition) is 6. The number of halogens is 1. The standard InChI is InChI=1S/C21H21FN2O4S/c1-12-3-8-16-17(10-23)20(29-18(16)9-12)24-19(25)11-27-21(26)13(2)28-15-6-4-14(22)5-7-15/h4-7,12-13H,3,8-9,11H2,1-2H3,(H,24,25)/t12-,13+/m0/s1. The monoisotopic (exact) mass is 416 g/mol. The van der Waals surface area contributed by atoms with Crippen molar-refractivity contribution in [1.29, 1.82) is 5.26 Å². The van der Waals surface area contributed by atoms with Crippen molar-refractivity contribution in [3.8, 4) is 11.8 Å². The number of nitriles is 1. The van der Waals surface area contributed by atoms with Gasteiger partial charge in [-0.15, -0.1) is 11.3 Å². The number of carbonyl (C=O) groups is 2. The molecule has 152 valence electrons. The van der Waals surface area contributed by atoms with Crippen molar-refractivity contribution in [3.05, 3.63) is 46.1 Å². The second-order valence-corrected chi connectivity index (χ2v) is 8.14. The fourth-order valence-corrected chi connectivity index (χ4v) is 4.52. The number of ether oxygens (including phenoxy) is 2. The number of esters is 1. The zero-order valence-corrected chi connectivity index (χ0v) is 17.0. The van der Waals surface area contributed by atoms with E-state index in [2.05, 4.69) is 18.3 Å². The molecule has 2 aromatic rings. The fraction of sp³-hybridized carbons (Fsp3) is 0.381. The molecule has 1 aromatic carbocycles. The first kappa shape index (κ1) is 20.8. The summed E-state index contributed by atoms with van der Waals surface area (Å²) in [5.74, 6) is -0.775. The predicted octanol–water partition coefficient (Wildman–Crippen LogP) is 3.83. The van der Waals surface area contributed by atoms with Gasteiger partial charge in [-0.25, -0.2) is 9.18 Å². The summed E-state index contributed by atoms with van der Waals surface area (Å²) in [7, 11) is 0. The first-order chi connectivity index (χ1) is 13.9. The van der Waals surface area contributed by atoms with Crippen LogP contribution in [0, 0.1) is 23.1 Å². The fourth-order valence-electron chi connectivity index (χ4n) is 3.14. The van der Waals surface area contributed by atoms with Crippen LogP contribution in [0.15, 0.2) is 24.3 Å². The Bertz CT molecular complexity index is 949. The molecular formula is C21H21FN2O4S. The maximum atomic E-state index is 12.9. The number of fused-ring (bicyclic) bond motifs is 1. The maximum absolute atomic E-state index is 12.9. The van der Waals surface area contributed by atoms with E-state index in [-0.39, 0.29) is 0 Å². The molecule has 0 aliphatic heterocycles. The number of amides is 1. The molecule has 0 spiro atoms. The zero-order chi connectivity index (χ0) is 21.0. The second kappa shape index (κ2) is 9.05. The summed E-state index contributed by atoms with van der Waals surface area (Å²) in [6.07, 6.45) is 1.80. The zero-order valence-electron chi connectivity index (χ0n) is 16.2. The topological polar surface area (TPSA) is 88.4 Å². The van der Waals surface area contributed by atoms with Crippen LogP contribution in [0.2, 0.25) is 0 Å². The minimum absolute atomic E-state index is 0.317. The van der Waals surface area contributed by atoms with Gasteiger partial charge in [0.05, 0.1) is 5.56 Å². The minimum atomic E-state index is -0.960. The van der Waals surface area contributed by atoms with Crippen LogP contribution in [0.1, 0.15) is 36.3 Å². The van der Waals surface area contributed by atoms with Crippen molar-refractivity contribution < 1.29 is 23.5 Å². The molecule has 1 aliphatic rings. The molecule has 0 fully saturated rings. The summed E-state index contributed by atoms with van der Waals surface area (Å²) in [5.41, 5.74) is 1.52. The normalized spacial score (nSPS) is 16.3. The van der Waals surface area contributed by atoms with Crippen LogP contribution in [0.5, 0.6) is 5.75 Å². The lowest BCUT2D eigenvalue weighted by Crippen LogP contribution is -2.29. The van der Waals surface area contributed by atoms with E-state index in [1.807, 2.05) is 0 Å². The van der Waals surface area contributed by atoms with Crippen LogP contribution in [0.3, 0.4) is 0 Å².